The molecule has 0 radical (unpaired) electrons. The minimum Gasteiger partial charge on any atom is -0.375 e. The normalized spacial score (nSPS) is 19.3. The molecule has 1 aliphatic heterocycles. The lowest BCUT2D eigenvalue weighted by Crippen LogP contribution is -2.45. The van der Waals surface area contributed by atoms with Crippen molar-refractivity contribution in [2.75, 3.05) is 30.7 Å². The highest BCUT2D eigenvalue weighted by Gasteiger charge is 2.23. The molecular formula is C14H20N2O4S. The fourth-order valence-electron chi connectivity index (χ4n) is 2.23. The van der Waals surface area contributed by atoms with Crippen molar-refractivity contribution in [2.24, 2.45) is 0 Å². The molecule has 1 amide bonds. The SMILES string of the molecule is CC[C@H]1CN(C(=O)c2ccc(NS(C)(=O)=O)cc2)CCO1. The van der Waals surface area contributed by atoms with Crippen molar-refractivity contribution in [3.63, 3.8) is 0 Å². The lowest BCUT2D eigenvalue weighted by atomic mass is 10.1. The molecule has 0 unspecified atom stereocenters. The number of anilines is 1. The van der Waals surface area contributed by atoms with Gasteiger partial charge in [0.1, 0.15) is 0 Å². The Morgan fingerprint density at radius 2 is 2.05 bits per heavy atom. The Kier molecular flexibility index (Phi) is 4.84. The topological polar surface area (TPSA) is 75.7 Å². The van der Waals surface area contributed by atoms with Gasteiger partial charge in [0.15, 0.2) is 0 Å². The van der Waals surface area contributed by atoms with Gasteiger partial charge >= 0.3 is 0 Å². The molecule has 0 bridgehead atoms. The first-order valence-electron chi connectivity index (χ1n) is 6.88. The third-order valence-electron chi connectivity index (χ3n) is 3.32. The summed E-state index contributed by atoms with van der Waals surface area (Å²) in [5, 5.41) is 0. The van der Waals surface area contributed by atoms with Crippen molar-refractivity contribution >= 4 is 21.6 Å². The van der Waals surface area contributed by atoms with Crippen molar-refractivity contribution in [1.29, 1.82) is 0 Å². The van der Waals surface area contributed by atoms with E-state index in [4.69, 9.17) is 4.74 Å². The molecule has 1 N–H and O–H groups in total. The number of carbonyl (C=O) groups is 1. The van der Waals surface area contributed by atoms with Crippen LogP contribution < -0.4 is 4.72 Å². The van der Waals surface area contributed by atoms with E-state index in [0.29, 0.717) is 30.9 Å². The summed E-state index contributed by atoms with van der Waals surface area (Å²) in [6, 6.07) is 6.44. The number of nitrogens with one attached hydrogen (secondary N) is 1. The quantitative estimate of drug-likeness (QED) is 0.909. The number of amides is 1. The van der Waals surface area contributed by atoms with Crippen LogP contribution in [-0.2, 0) is 14.8 Å². The molecule has 0 spiro atoms. The zero-order chi connectivity index (χ0) is 15.5. The van der Waals surface area contributed by atoms with E-state index in [0.717, 1.165) is 12.7 Å². The summed E-state index contributed by atoms with van der Waals surface area (Å²) in [7, 11) is -3.30. The first-order chi connectivity index (χ1) is 9.89. The van der Waals surface area contributed by atoms with Gasteiger partial charge in [-0.3, -0.25) is 9.52 Å². The number of rotatable bonds is 4. The minimum absolute atomic E-state index is 0.0531. The molecule has 1 aromatic carbocycles. The minimum atomic E-state index is -3.30. The van der Waals surface area contributed by atoms with E-state index in [2.05, 4.69) is 4.72 Å². The van der Waals surface area contributed by atoms with E-state index in [1.165, 1.54) is 0 Å². The van der Waals surface area contributed by atoms with E-state index in [1.807, 2.05) is 6.92 Å². The number of benzene rings is 1. The average Bonchev–Trinajstić information content (AvgIpc) is 2.46. The molecule has 7 heteroatoms. The van der Waals surface area contributed by atoms with Crippen molar-refractivity contribution in [3.8, 4) is 0 Å². The monoisotopic (exact) mass is 312 g/mol. The number of hydrogen-bond acceptors (Lipinski definition) is 4. The summed E-state index contributed by atoms with van der Waals surface area (Å²) in [6.45, 7) is 3.76. The number of morpholine rings is 1. The number of carbonyl (C=O) groups excluding carboxylic acids is 1. The molecule has 21 heavy (non-hydrogen) atoms. The molecule has 1 aromatic rings. The molecule has 0 aromatic heterocycles. The summed E-state index contributed by atoms with van der Waals surface area (Å²) in [6.07, 6.45) is 2.06. The van der Waals surface area contributed by atoms with Gasteiger partial charge in [0.05, 0.1) is 19.0 Å². The maximum atomic E-state index is 12.4. The Balaban J connectivity index is 2.06. The lowest BCUT2D eigenvalue weighted by molar-refractivity contribution is -0.0226. The van der Waals surface area contributed by atoms with Crippen molar-refractivity contribution in [2.45, 2.75) is 19.4 Å². The van der Waals surface area contributed by atoms with Crippen LogP contribution in [0.4, 0.5) is 5.69 Å². The lowest BCUT2D eigenvalue weighted by Gasteiger charge is -2.32. The van der Waals surface area contributed by atoms with Crippen molar-refractivity contribution < 1.29 is 17.9 Å². The molecule has 116 valence electrons. The molecule has 0 aliphatic carbocycles. The Morgan fingerprint density at radius 3 is 2.62 bits per heavy atom. The highest BCUT2D eigenvalue weighted by atomic mass is 32.2. The molecule has 2 rings (SSSR count). The summed E-state index contributed by atoms with van der Waals surface area (Å²) in [4.78, 5) is 14.2. The van der Waals surface area contributed by atoms with Gasteiger partial charge in [0.25, 0.3) is 5.91 Å². The van der Waals surface area contributed by atoms with Crippen LogP contribution in [0.25, 0.3) is 0 Å². The highest BCUT2D eigenvalue weighted by Crippen LogP contribution is 2.15. The summed E-state index contributed by atoms with van der Waals surface area (Å²) < 4.78 is 30.2. The molecular weight excluding hydrogens is 292 g/mol. The first kappa shape index (κ1) is 15.8. The highest BCUT2D eigenvalue weighted by molar-refractivity contribution is 7.92. The van der Waals surface area contributed by atoms with Crippen LogP contribution >= 0.6 is 0 Å². The molecule has 0 saturated carbocycles. The largest absolute Gasteiger partial charge is 0.375 e. The zero-order valence-electron chi connectivity index (χ0n) is 12.2. The van der Waals surface area contributed by atoms with E-state index in [1.54, 1.807) is 29.2 Å². The smallest absolute Gasteiger partial charge is 0.254 e. The summed E-state index contributed by atoms with van der Waals surface area (Å²) in [5.41, 5.74) is 0.994. The maximum absolute atomic E-state index is 12.4. The van der Waals surface area contributed by atoms with Crippen LogP contribution in [0.1, 0.15) is 23.7 Å². The predicted octanol–water partition coefficient (Wildman–Crippen LogP) is 1.31. The van der Waals surface area contributed by atoms with Crippen LogP contribution in [0, 0.1) is 0 Å². The second-order valence-corrected chi connectivity index (χ2v) is 6.85. The molecule has 1 saturated heterocycles. The van der Waals surface area contributed by atoms with Gasteiger partial charge in [-0.25, -0.2) is 8.42 Å². The third-order valence-corrected chi connectivity index (χ3v) is 3.92. The van der Waals surface area contributed by atoms with Crippen LogP contribution in [0.3, 0.4) is 0 Å². The van der Waals surface area contributed by atoms with E-state index in [-0.39, 0.29) is 12.0 Å². The standard InChI is InChI=1S/C14H20N2O4S/c1-3-13-10-16(8-9-20-13)14(17)11-4-6-12(7-5-11)15-21(2,18)19/h4-7,13,15H,3,8-10H2,1-2H3/t13-/m0/s1. The molecule has 1 fully saturated rings. The first-order valence-corrected chi connectivity index (χ1v) is 8.77. The number of ether oxygens (including phenoxy) is 1. The van der Waals surface area contributed by atoms with Crippen LogP contribution in [-0.4, -0.2) is 51.3 Å². The molecule has 6 nitrogen and oxygen atoms in total. The van der Waals surface area contributed by atoms with Gasteiger partial charge in [-0.2, -0.15) is 0 Å². The predicted molar refractivity (Wildman–Crippen MR) is 80.8 cm³/mol. The van der Waals surface area contributed by atoms with Gasteiger partial charge in [-0.05, 0) is 30.7 Å². The third kappa shape index (κ3) is 4.44. The van der Waals surface area contributed by atoms with Gasteiger partial charge in [0, 0.05) is 24.3 Å². The molecule has 1 aliphatic rings. The number of nitrogens with zero attached hydrogens (tertiary/aromatic N) is 1. The fraction of sp³-hybridized carbons (Fsp3) is 0.500. The number of sulfonamides is 1. The van der Waals surface area contributed by atoms with E-state index < -0.39 is 10.0 Å². The van der Waals surface area contributed by atoms with Gasteiger partial charge in [-0.1, -0.05) is 6.92 Å². The Bertz CT molecular complexity index is 598. The Morgan fingerprint density at radius 1 is 1.38 bits per heavy atom. The molecule has 1 heterocycles. The van der Waals surface area contributed by atoms with Crippen LogP contribution in [0.5, 0.6) is 0 Å². The second-order valence-electron chi connectivity index (χ2n) is 5.10. The maximum Gasteiger partial charge on any atom is 0.254 e. The van der Waals surface area contributed by atoms with Crippen LogP contribution in [0.15, 0.2) is 24.3 Å². The van der Waals surface area contributed by atoms with Crippen molar-refractivity contribution in [1.82, 2.24) is 4.90 Å². The average molecular weight is 312 g/mol. The van der Waals surface area contributed by atoms with Gasteiger partial charge in [0.2, 0.25) is 10.0 Å². The van der Waals surface area contributed by atoms with Crippen molar-refractivity contribution in [3.05, 3.63) is 29.8 Å². The zero-order valence-corrected chi connectivity index (χ0v) is 13.0. The van der Waals surface area contributed by atoms with Crippen LogP contribution in [0.2, 0.25) is 0 Å². The number of hydrogen-bond donors (Lipinski definition) is 1. The van der Waals surface area contributed by atoms with Gasteiger partial charge < -0.3 is 9.64 Å². The summed E-state index contributed by atoms with van der Waals surface area (Å²) >= 11 is 0. The van der Waals surface area contributed by atoms with Gasteiger partial charge in [-0.15, -0.1) is 0 Å². The fourth-order valence-corrected chi connectivity index (χ4v) is 2.79. The Hall–Kier alpha value is -1.60. The van der Waals surface area contributed by atoms with E-state index >= 15 is 0 Å². The molecule has 1 atom stereocenters. The van der Waals surface area contributed by atoms with E-state index in [9.17, 15) is 13.2 Å². The summed E-state index contributed by atoms with van der Waals surface area (Å²) in [5.74, 6) is -0.0531. The Labute approximate surface area is 125 Å². The second kappa shape index (κ2) is 6.44.